The molecule has 0 amide bonds. The minimum atomic E-state index is -3.52. The molecule has 1 aromatic heterocycles. The molecule has 1 atom stereocenters. The third-order valence-electron chi connectivity index (χ3n) is 2.74. The second-order valence-electron chi connectivity index (χ2n) is 3.82. The van der Waals surface area contributed by atoms with Crippen molar-refractivity contribution >= 4 is 31.4 Å². The van der Waals surface area contributed by atoms with Gasteiger partial charge in [-0.05, 0) is 30.9 Å². The first-order valence-corrected chi connectivity index (χ1v) is 7.33. The molecule has 0 bridgehead atoms. The summed E-state index contributed by atoms with van der Waals surface area (Å²) in [6.45, 7) is 3.57. The van der Waals surface area contributed by atoms with E-state index in [0.29, 0.717) is 0 Å². The van der Waals surface area contributed by atoms with E-state index in [0.717, 1.165) is 20.5 Å². The van der Waals surface area contributed by atoms with Crippen molar-refractivity contribution in [2.45, 2.75) is 19.1 Å². The van der Waals surface area contributed by atoms with E-state index in [1.807, 2.05) is 31.2 Å². The first-order chi connectivity index (χ1) is 7.41. The van der Waals surface area contributed by atoms with Crippen LogP contribution in [0.1, 0.15) is 22.6 Å². The van der Waals surface area contributed by atoms with Crippen LogP contribution in [0.15, 0.2) is 24.3 Å². The summed E-state index contributed by atoms with van der Waals surface area (Å²) < 4.78 is 23.8. The predicted octanol–water partition coefficient (Wildman–Crippen LogP) is 2.56. The van der Waals surface area contributed by atoms with Crippen molar-refractivity contribution in [3.63, 3.8) is 0 Å². The summed E-state index contributed by atoms with van der Waals surface area (Å²) in [7, 11) is -3.52. The zero-order chi connectivity index (χ0) is 11.9. The normalized spacial score (nSPS) is 14.2. The largest absolute Gasteiger partial charge is 0.228 e. The molecular weight excluding hydrogens is 242 g/mol. The Kier molecular flexibility index (Phi) is 2.77. The van der Waals surface area contributed by atoms with E-state index in [1.54, 1.807) is 6.92 Å². The fourth-order valence-corrected chi connectivity index (χ4v) is 3.90. The summed E-state index contributed by atoms with van der Waals surface area (Å²) in [6, 6.07) is 7.89. The number of hydrogen-bond acceptors (Lipinski definition) is 3. The first-order valence-electron chi connectivity index (χ1n) is 4.91. The van der Waals surface area contributed by atoms with Crippen molar-refractivity contribution in [1.29, 1.82) is 0 Å². The molecule has 0 aliphatic rings. The van der Waals surface area contributed by atoms with Crippen LogP contribution in [-0.4, -0.2) is 8.42 Å². The standard InChI is InChI=1S/C11H13NO2S2/c1-7-9-5-3-4-6-10(9)15-11(7)8(2)16(12,13)14/h3-6,8H,1-2H3,(H2,12,13,14). The molecule has 2 rings (SSSR count). The zero-order valence-electron chi connectivity index (χ0n) is 9.10. The lowest BCUT2D eigenvalue weighted by Crippen LogP contribution is -2.18. The van der Waals surface area contributed by atoms with E-state index >= 15 is 0 Å². The molecule has 2 N–H and O–H groups in total. The third kappa shape index (κ3) is 1.86. The molecule has 16 heavy (non-hydrogen) atoms. The fraction of sp³-hybridized carbons (Fsp3) is 0.273. The number of fused-ring (bicyclic) bond motifs is 1. The fourth-order valence-electron chi connectivity index (χ4n) is 1.73. The van der Waals surface area contributed by atoms with Gasteiger partial charge in [0.2, 0.25) is 10.0 Å². The highest BCUT2D eigenvalue weighted by molar-refractivity contribution is 7.89. The van der Waals surface area contributed by atoms with Gasteiger partial charge in [0, 0.05) is 9.58 Å². The number of hydrogen-bond donors (Lipinski definition) is 1. The second kappa shape index (κ2) is 3.84. The van der Waals surface area contributed by atoms with E-state index in [4.69, 9.17) is 5.14 Å². The molecule has 1 unspecified atom stereocenters. The van der Waals surface area contributed by atoms with Gasteiger partial charge >= 0.3 is 0 Å². The van der Waals surface area contributed by atoms with Crippen molar-refractivity contribution in [2.24, 2.45) is 5.14 Å². The van der Waals surface area contributed by atoms with Crippen molar-refractivity contribution < 1.29 is 8.42 Å². The Hall–Kier alpha value is -0.910. The van der Waals surface area contributed by atoms with Crippen molar-refractivity contribution in [3.8, 4) is 0 Å². The highest BCUT2D eigenvalue weighted by Gasteiger charge is 2.22. The van der Waals surface area contributed by atoms with Crippen LogP contribution < -0.4 is 5.14 Å². The van der Waals surface area contributed by atoms with E-state index in [9.17, 15) is 8.42 Å². The number of sulfonamides is 1. The molecule has 0 aliphatic carbocycles. The molecule has 0 saturated carbocycles. The molecule has 5 heteroatoms. The van der Waals surface area contributed by atoms with E-state index in [2.05, 4.69) is 0 Å². The van der Waals surface area contributed by atoms with Crippen LogP contribution in [0.2, 0.25) is 0 Å². The van der Waals surface area contributed by atoms with Gasteiger partial charge in [-0.2, -0.15) is 0 Å². The van der Waals surface area contributed by atoms with Crippen molar-refractivity contribution in [3.05, 3.63) is 34.7 Å². The molecule has 0 fully saturated rings. The van der Waals surface area contributed by atoms with Gasteiger partial charge in [-0.15, -0.1) is 11.3 Å². The topological polar surface area (TPSA) is 60.2 Å². The van der Waals surface area contributed by atoms with Crippen LogP contribution >= 0.6 is 11.3 Å². The van der Waals surface area contributed by atoms with Crippen LogP contribution in [0.25, 0.3) is 10.1 Å². The summed E-state index contributed by atoms with van der Waals surface area (Å²) in [5.41, 5.74) is 1.02. The maximum atomic E-state index is 11.3. The maximum Gasteiger partial charge on any atom is 0.216 e. The number of rotatable bonds is 2. The smallest absolute Gasteiger partial charge is 0.216 e. The molecule has 1 heterocycles. The number of primary sulfonamides is 1. The summed E-state index contributed by atoms with van der Waals surface area (Å²) in [5, 5.41) is 5.66. The second-order valence-corrected chi connectivity index (χ2v) is 6.79. The van der Waals surface area contributed by atoms with Crippen LogP contribution in [0, 0.1) is 6.92 Å². The molecule has 0 spiro atoms. The van der Waals surface area contributed by atoms with Gasteiger partial charge < -0.3 is 0 Å². The summed E-state index contributed by atoms with van der Waals surface area (Å²) in [4.78, 5) is 0.837. The lowest BCUT2D eigenvalue weighted by atomic mass is 10.1. The van der Waals surface area contributed by atoms with E-state index in [-0.39, 0.29) is 0 Å². The Morgan fingerprint density at radius 2 is 1.94 bits per heavy atom. The summed E-state index contributed by atoms with van der Waals surface area (Å²) >= 11 is 1.50. The minimum absolute atomic E-state index is 0.634. The number of benzene rings is 1. The van der Waals surface area contributed by atoms with Crippen LogP contribution in [-0.2, 0) is 10.0 Å². The van der Waals surface area contributed by atoms with Gasteiger partial charge in [-0.25, -0.2) is 13.6 Å². The predicted molar refractivity (Wildman–Crippen MR) is 68.1 cm³/mol. The molecule has 3 nitrogen and oxygen atoms in total. The van der Waals surface area contributed by atoms with Gasteiger partial charge in [0.15, 0.2) is 0 Å². The van der Waals surface area contributed by atoms with Crippen LogP contribution in [0.5, 0.6) is 0 Å². The highest BCUT2D eigenvalue weighted by Crippen LogP contribution is 2.36. The van der Waals surface area contributed by atoms with E-state index < -0.39 is 15.3 Å². The maximum absolute atomic E-state index is 11.3. The molecule has 0 radical (unpaired) electrons. The Balaban J connectivity index is 2.67. The summed E-state index contributed by atoms with van der Waals surface area (Å²) in [6.07, 6.45) is 0. The van der Waals surface area contributed by atoms with Gasteiger partial charge in [0.25, 0.3) is 0 Å². The molecule has 2 aromatic rings. The van der Waals surface area contributed by atoms with Gasteiger partial charge in [0.1, 0.15) is 5.25 Å². The SMILES string of the molecule is Cc1c(C(C)S(N)(=O)=O)sc2ccccc12. The summed E-state index contributed by atoms with van der Waals surface area (Å²) in [5.74, 6) is 0. The Bertz CT molecular complexity index is 628. The van der Waals surface area contributed by atoms with Crippen molar-refractivity contribution in [1.82, 2.24) is 0 Å². The van der Waals surface area contributed by atoms with Crippen molar-refractivity contribution in [2.75, 3.05) is 0 Å². The molecule has 0 saturated heterocycles. The average molecular weight is 255 g/mol. The quantitative estimate of drug-likeness (QED) is 0.896. The molecular formula is C11H13NO2S2. The Labute approximate surface area is 98.9 Å². The van der Waals surface area contributed by atoms with Gasteiger partial charge in [-0.1, -0.05) is 18.2 Å². The monoisotopic (exact) mass is 255 g/mol. The Morgan fingerprint density at radius 3 is 2.50 bits per heavy atom. The molecule has 1 aromatic carbocycles. The lowest BCUT2D eigenvalue weighted by molar-refractivity contribution is 0.588. The van der Waals surface area contributed by atoms with Crippen LogP contribution in [0.3, 0.4) is 0 Å². The zero-order valence-corrected chi connectivity index (χ0v) is 10.7. The minimum Gasteiger partial charge on any atom is -0.228 e. The first kappa shape index (κ1) is 11.6. The van der Waals surface area contributed by atoms with Gasteiger partial charge in [0.05, 0.1) is 0 Å². The number of thiophene rings is 1. The number of nitrogens with two attached hydrogens (primary N) is 1. The number of aryl methyl sites for hydroxylation is 1. The molecule has 0 aliphatic heterocycles. The van der Waals surface area contributed by atoms with Crippen LogP contribution in [0.4, 0.5) is 0 Å². The third-order valence-corrected chi connectivity index (χ3v) is 5.57. The highest BCUT2D eigenvalue weighted by atomic mass is 32.2. The molecule has 86 valence electrons. The van der Waals surface area contributed by atoms with E-state index in [1.165, 1.54) is 11.3 Å². The average Bonchev–Trinajstić information content (AvgIpc) is 2.54. The van der Waals surface area contributed by atoms with Gasteiger partial charge in [-0.3, -0.25) is 0 Å². The Morgan fingerprint density at radius 1 is 1.31 bits per heavy atom. The lowest BCUT2D eigenvalue weighted by Gasteiger charge is -2.07.